The highest BCUT2D eigenvalue weighted by molar-refractivity contribution is 7.91. The predicted molar refractivity (Wildman–Crippen MR) is 73.6 cm³/mol. The fraction of sp³-hybridized carbons (Fsp3) is 0.833. The normalized spacial score (nSPS) is 22.8. The van der Waals surface area contributed by atoms with Crippen LogP contribution in [0.25, 0.3) is 0 Å². The molecule has 0 radical (unpaired) electrons. The summed E-state index contributed by atoms with van der Waals surface area (Å²) < 4.78 is 24.5. The maximum absolute atomic E-state index is 11.4. The third-order valence-electron chi connectivity index (χ3n) is 3.31. The topological polar surface area (TPSA) is 76.9 Å². The van der Waals surface area contributed by atoms with Gasteiger partial charge in [-0.15, -0.1) is 0 Å². The van der Waals surface area contributed by atoms with Crippen LogP contribution in [0.4, 0.5) is 0 Å². The molecular weight excluding hydrogens is 264 g/mol. The van der Waals surface area contributed by atoms with Gasteiger partial charge in [-0.3, -0.25) is 4.68 Å². The summed E-state index contributed by atoms with van der Waals surface area (Å²) in [5.41, 5.74) is -0.0767. The van der Waals surface area contributed by atoms with E-state index >= 15 is 0 Å². The third kappa shape index (κ3) is 3.54. The Bertz CT molecular complexity index is 557. The van der Waals surface area contributed by atoms with Gasteiger partial charge in [-0.2, -0.15) is 5.10 Å². The zero-order valence-corrected chi connectivity index (χ0v) is 12.8. The van der Waals surface area contributed by atoms with E-state index in [4.69, 9.17) is 0 Å². The van der Waals surface area contributed by atoms with Crippen LogP contribution >= 0.6 is 0 Å². The van der Waals surface area contributed by atoms with E-state index < -0.39 is 9.84 Å². The molecule has 1 aliphatic heterocycles. The van der Waals surface area contributed by atoms with E-state index in [1.54, 1.807) is 4.68 Å². The molecule has 1 atom stereocenters. The van der Waals surface area contributed by atoms with E-state index in [1.807, 2.05) is 7.05 Å². The first-order valence-corrected chi connectivity index (χ1v) is 8.34. The number of aryl methyl sites for hydroxylation is 1. The molecule has 6 nitrogen and oxygen atoms in total. The van der Waals surface area contributed by atoms with Crippen molar-refractivity contribution >= 4 is 9.84 Å². The maximum atomic E-state index is 11.4. The smallest absolute Gasteiger partial charge is 0.156 e. The Balaban J connectivity index is 1.99. The van der Waals surface area contributed by atoms with Crippen LogP contribution < -0.4 is 5.32 Å². The van der Waals surface area contributed by atoms with Crippen LogP contribution in [0.3, 0.4) is 0 Å². The Morgan fingerprint density at radius 1 is 1.42 bits per heavy atom. The lowest BCUT2D eigenvalue weighted by molar-refractivity contribution is 0.526. The average Bonchev–Trinajstić information content (AvgIpc) is 2.78. The summed E-state index contributed by atoms with van der Waals surface area (Å²) in [5, 5.41) is 7.66. The molecule has 2 heterocycles. The molecule has 2 rings (SSSR count). The number of aromatic nitrogens is 3. The lowest BCUT2D eigenvalue weighted by atomic mass is 9.96. The maximum Gasteiger partial charge on any atom is 0.156 e. The van der Waals surface area contributed by atoms with Crippen molar-refractivity contribution in [3.63, 3.8) is 0 Å². The fourth-order valence-electron chi connectivity index (χ4n) is 2.08. The lowest BCUT2D eigenvalue weighted by Crippen LogP contribution is -2.30. The van der Waals surface area contributed by atoms with Gasteiger partial charge in [0.05, 0.1) is 18.1 Å². The van der Waals surface area contributed by atoms with Crippen molar-refractivity contribution in [2.45, 2.75) is 45.2 Å². The minimum atomic E-state index is -2.83. The molecule has 1 fully saturated rings. The van der Waals surface area contributed by atoms with E-state index in [0.717, 1.165) is 11.6 Å². The minimum absolute atomic E-state index is 0.0415. The van der Waals surface area contributed by atoms with Gasteiger partial charge in [-0.1, -0.05) is 20.8 Å². The second-order valence-corrected chi connectivity index (χ2v) is 8.43. The zero-order valence-electron chi connectivity index (χ0n) is 12.0. The van der Waals surface area contributed by atoms with Crippen LogP contribution in [-0.2, 0) is 28.8 Å². The van der Waals surface area contributed by atoms with Crippen LogP contribution in [-0.4, -0.2) is 40.7 Å². The van der Waals surface area contributed by atoms with Crippen LogP contribution in [0.1, 0.15) is 38.8 Å². The molecule has 0 saturated carbocycles. The summed E-state index contributed by atoms with van der Waals surface area (Å²) in [4.78, 5) is 4.52. The molecule has 0 aliphatic carbocycles. The summed E-state index contributed by atoms with van der Waals surface area (Å²) in [6, 6.07) is 0.0415. The van der Waals surface area contributed by atoms with Crippen molar-refractivity contribution in [2.75, 3.05) is 11.5 Å². The van der Waals surface area contributed by atoms with Crippen LogP contribution in [0.2, 0.25) is 0 Å². The number of hydrogen-bond donors (Lipinski definition) is 1. The van der Waals surface area contributed by atoms with Gasteiger partial charge in [-0.25, -0.2) is 13.4 Å². The van der Waals surface area contributed by atoms with Gasteiger partial charge in [0.1, 0.15) is 5.82 Å². The highest BCUT2D eigenvalue weighted by atomic mass is 32.2. The monoisotopic (exact) mass is 286 g/mol. The number of nitrogens with one attached hydrogen (secondary N) is 1. The number of nitrogens with zero attached hydrogens (tertiary/aromatic N) is 3. The molecule has 1 aromatic heterocycles. The molecule has 1 saturated heterocycles. The van der Waals surface area contributed by atoms with Gasteiger partial charge < -0.3 is 5.32 Å². The Labute approximate surface area is 114 Å². The Hall–Kier alpha value is -0.950. The molecule has 0 spiro atoms. The molecular formula is C12H22N4O2S. The zero-order chi connectivity index (χ0) is 14.3. The summed E-state index contributed by atoms with van der Waals surface area (Å²) in [6.07, 6.45) is 0.687. The molecule has 1 unspecified atom stereocenters. The molecule has 1 aliphatic rings. The molecule has 1 aromatic rings. The van der Waals surface area contributed by atoms with Crippen LogP contribution in [0.15, 0.2) is 0 Å². The van der Waals surface area contributed by atoms with Crippen LogP contribution in [0.5, 0.6) is 0 Å². The second-order valence-electron chi connectivity index (χ2n) is 6.21. The summed E-state index contributed by atoms with van der Waals surface area (Å²) in [5.74, 6) is 2.17. The first kappa shape index (κ1) is 14.5. The van der Waals surface area contributed by atoms with E-state index in [9.17, 15) is 8.42 Å². The predicted octanol–water partition coefficient (Wildman–Crippen LogP) is 0.389. The first-order valence-electron chi connectivity index (χ1n) is 6.51. The largest absolute Gasteiger partial charge is 0.306 e. The molecule has 0 bridgehead atoms. The minimum Gasteiger partial charge on any atom is -0.306 e. The highest BCUT2D eigenvalue weighted by Crippen LogP contribution is 2.18. The summed E-state index contributed by atoms with van der Waals surface area (Å²) in [6.45, 7) is 6.77. The van der Waals surface area contributed by atoms with Crippen LogP contribution in [0, 0.1) is 0 Å². The van der Waals surface area contributed by atoms with Crippen molar-refractivity contribution in [1.82, 2.24) is 20.1 Å². The van der Waals surface area contributed by atoms with Gasteiger partial charge in [0.2, 0.25) is 0 Å². The first-order chi connectivity index (χ1) is 8.67. The standard InChI is InChI=1S/C12H22N4O2S/c1-12(2,3)11-14-10(16(4)15-11)7-13-9-5-6-19(17,18)8-9/h9,13H,5-8H2,1-4H3. The molecule has 19 heavy (non-hydrogen) atoms. The van der Waals surface area contributed by atoms with Crippen molar-refractivity contribution in [2.24, 2.45) is 7.05 Å². The number of rotatable bonds is 3. The SMILES string of the molecule is Cn1nc(C(C)(C)C)nc1CNC1CCS(=O)(=O)C1. The second kappa shape index (κ2) is 4.86. The van der Waals surface area contributed by atoms with E-state index in [2.05, 4.69) is 36.2 Å². The molecule has 0 amide bonds. The number of hydrogen-bond acceptors (Lipinski definition) is 5. The Kier molecular flexibility index (Phi) is 3.70. The molecule has 1 N–H and O–H groups in total. The average molecular weight is 286 g/mol. The van der Waals surface area contributed by atoms with E-state index in [0.29, 0.717) is 13.0 Å². The quantitative estimate of drug-likeness (QED) is 0.870. The van der Waals surface area contributed by atoms with Crippen molar-refractivity contribution < 1.29 is 8.42 Å². The molecule has 7 heteroatoms. The Morgan fingerprint density at radius 3 is 2.58 bits per heavy atom. The fourth-order valence-corrected chi connectivity index (χ4v) is 3.79. The summed E-state index contributed by atoms with van der Waals surface area (Å²) >= 11 is 0. The van der Waals surface area contributed by atoms with Gasteiger partial charge >= 0.3 is 0 Å². The Morgan fingerprint density at radius 2 is 2.11 bits per heavy atom. The summed E-state index contributed by atoms with van der Waals surface area (Å²) in [7, 11) is -0.968. The van der Waals surface area contributed by atoms with Crippen molar-refractivity contribution in [3.8, 4) is 0 Å². The van der Waals surface area contributed by atoms with Gasteiger partial charge in [0.25, 0.3) is 0 Å². The van der Waals surface area contributed by atoms with Gasteiger partial charge in [-0.05, 0) is 6.42 Å². The lowest BCUT2D eigenvalue weighted by Gasteiger charge is -2.12. The highest BCUT2D eigenvalue weighted by Gasteiger charge is 2.28. The third-order valence-corrected chi connectivity index (χ3v) is 5.07. The van der Waals surface area contributed by atoms with E-state index in [-0.39, 0.29) is 23.0 Å². The van der Waals surface area contributed by atoms with Crippen molar-refractivity contribution in [3.05, 3.63) is 11.6 Å². The molecule has 108 valence electrons. The van der Waals surface area contributed by atoms with Gasteiger partial charge in [0, 0.05) is 18.5 Å². The van der Waals surface area contributed by atoms with E-state index in [1.165, 1.54) is 0 Å². The number of sulfone groups is 1. The van der Waals surface area contributed by atoms with Gasteiger partial charge in [0.15, 0.2) is 15.7 Å². The molecule has 0 aromatic carbocycles. The van der Waals surface area contributed by atoms with Crippen molar-refractivity contribution in [1.29, 1.82) is 0 Å².